The van der Waals surface area contributed by atoms with Crippen molar-refractivity contribution < 1.29 is 4.79 Å². The van der Waals surface area contributed by atoms with Crippen LogP contribution in [-0.2, 0) is 0 Å². The van der Waals surface area contributed by atoms with Crippen LogP contribution in [0.15, 0.2) is 22.7 Å². The quantitative estimate of drug-likeness (QED) is 0.810. The fourth-order valence-electron chi connectivity index (χ4n) is 1.89. The molecule has 0 aromatic heterocycles. The van der Waals surface area contributed by atoms with Crippen LogP contribution in [0.2, 0.25) is 0 Å². The van der Waals surface area contributed by atoms with Crippen LogP contribution in [-0.4, -0.2) is 34.9 Å². The second-order valence-electron chi connectivity index (χ2n) is 4.14. The number of nitrogen functional groups attached to an aromatic ring is 1. The van der Waals surface area contributed by atoms with Crippen molar-refractivity contribution in [1.82, 2.24) is 4.90 Å². The Balaban J connectivity index is 2.22. The number of halogens is 1. The van der Waals surface area contributed by atoms with Gasteiger partial charge in [0.1, 0.15) is 0 Å². The van der Waals surface area contributed by atoms with Gasteiger partial charge in [0.05, 0.1) is 10.0 Å². The third kappa shape index (κ3) is 2.77. The topological polar surface area (TPSA) is 46.3 Å². The van der Waals surface area contributed by atoms with E-state index in [1.54, 1.807) is 6.07 Å². The SMILES string of the molecule is CC1CN(C(=O)c2cccc(N)c2Br)CCS1. The number of nitrogens with zero attached hydrogens (tertiary/aromatic N) is 1. The van der Waals surface area contributed by atoms with Crippen LogP contribution in [0.5, 0.6) is 0 Å². The summed E-state index contributed by atoms with van der Waals surface area (Å²) in [4.78, 5) is 14.3. The van der Waals surface area contributed by atoms with Gasteiger partial charge in [0, 0.05) is 29.8 Å². The molecule has 0 spiro atoms. The number of anilines is 1. The molecular formula is C12H15BrN2OS. The first-order valence-electron chi connectivity index (χ1n) is 5.54. The highest BCUT2D eigenvalue weighted by atomic mass is 79.9. The Morgan fingerprint density at radius 3 is 3.06 bits per heavy atom. The fourth-order valence-corrected chi connectivity index (χ4v) is 3.34. The maximum absolute atomic E-state index is 12.3. The number of carbonyl (C=O) groups is 1. The van der Waals surface area contributed by atoms with Crippen LogP contribution in [0.1, 0.15) is 17.3 Å². The highest BCUT2D eigenvalue weighted by Gasteiger charge is 2.24. The summed E-state index contributed by atoms with van der Waals surface area (Å²) in [5.41, 5.74) is 7.06. The molecule has 92 valence electrons. The van der Waals surface area contributed by atoms with Crippen LogP contribution in [0.3, 0.4) is 0 Å². The lowest BCUT2D eigenvalue weighted by Gasteiger charge is -2.31. The summed E-state index contributed by atoms with van der Waals surface area (Å²) < 4.78 is 0.705. The molecule has 1 aromatic rings. The second-order valence-corrected chi connectivity index (χ2v) is 6.48. The van der Waals surface area contributed by atoms with Crippen molar-refractivity contribution >= 4 is 39.3 Å². The van der Waals surface area contributed by atoms with Gasteiger partial charge in [0.15, 0.2) is 0 Å². The zero-order valence-corrected chi connectivity index (χ0v) is 12.1. The molecular weight excluding hydrogens is 300 g/mol. The number of nitrogens with two attached hydrogens (primary N) is 1. The Hall–Kier alpha value is -0.680. The number of amides is 1. The number of carbonyl (C=O) groups excluding carboxylic acids is 1. The van der Waals surface area contributed by atoms with Crippen molar-refractivity contribution in [1.29, 1.82) is 0 Å². The minimum atomic E-state index is 0.0660. The molecule has 1 fully saturated rings. The summed E-state index contributed by atoms with van der Waals surface area (Å²) >= 11 is 5.30. The van der Waals surface area contributed by atoms with Gasteiger partial charge in [0.25, 0.3) is 5.91 Å². The van der Waals surface area contributed by atoms with E-state index in [-0.39, 0.29) is 5.91 Å². The second kappa shape index (κ2) is 5.31. The number of thioether (sulfide) groups is 1. The molecule has 1 aliphatic rings. The smallest absolute Gasteiger partial charge is 0.255 e. The van der Waals surface area contributed by atoms with E-state index in [0.29, 0.717) is 21.0 Å². The number of hydrogen-bond donors (Lipinski definition) is 1. The molecule has 0 aliphatic carbocycles. The van der Waals surface area contributed by atoms with Gasteiger partial charge in [-0.15, -0.1) is 0 Å². The van der Waals surface area contributed by atoms with Crippen molar-refractivity contribution in [2.75, 3.05) is 24.6 Å². The van der Waals surface area contributed by atoms with Crippen LogP contribution < -0.4 is 5.73 Å². The number of hydrogen-bond acceptors (Lipinski definition) is 3. The molecule has 1 aliphatic heterocycles. The molecule has 1 unspecified atom stereocenters. The first kappa shape index (κ1) is 12.8. The third-order valence-corrected chi connectivity index (χ3v) is 4.81. The fraction of sp³-hybridized carbons (Fsp3) is 0.417. The molecule has 0 bridgehead atoms. The van der Waals surface area contributed by atoms with E-state index in [4.69, 9.17) is 5.73 Å². The molecule has 2 rings (SSSR count). The Bertz CT molecular complexity index is 439. The van der Waals surface area contributed by atoms with Crippen molar-refractivity contribution in [3.63, 3.8) is 0 Å². The maximum Gasteiger partial charge on any atom is 0.255 e. The van der Waals surface area contributed by atoms with Crippen molar-refractivity contribution in [3.8, 4) is 0 Å². The van der Waals surface area contributed by atoms with Crippen LogP contribution in [0.4, 0.5) is 5.69 Å². The molecule has 1 saturated heterocycles. The van der Waals surface area contributed by atoms with E-state index in [0.717, 1.165) is 18.8 Å². The van der Waals surface area contributed by atoms with E-state index in [9.17, 15) is 4.79 Å². The van der Waals surface area contributed by atoms with Gasteiger partial charge in [-0.3, -0.25) is 4.79 Å². The van der Waals surface area contributed by atoms with Crippen LogP contribution >= 0.6 is 27.7 Å². The monoisotopic (exact) mass is 314 g/mol. The summed E-state index contributed by atoms with van der Waals surface area (Å²) in [6, 6.07) is 5.42. The summed E-state index contributed by atoms with van der Waals surface area (Å²) in [6.45, 7) is 3.78. The van der Waals surface area contributed by atoms with Gasteiger partial charge >= 0.3 is 0 Å². The van der Waals surface area contributed by atoms with E-state index in [1.807, 2.05) is 28.8 Å². The molecule has 1 aromatic carbocycles. The summed E-state index contributed by atoms with van der Waals surface area (Å²) in [6.07, 6.45) is 0. The molecule has 1 heterocycles. The Kier molecular flexibility index (Phi) is 3.99. The molecule has 1 amide bonds. The van der Waals surface area contributed by atoms with Gasteiger partial charge in [-0.05, 0) is 28.1 Å². The zero-order valence-electron chi connectivity index (χ0n) is 9.65. The maximum atomic E-state index is 12.3. The molecule has 2 N–H and O–H groups in total. The van der Waals surface area contributed by atoms with E-state index < -0.39 is 0 Å². The highest BCUT2D eigenvalue weighted by Crippen LogP contribution is 2.26. The number of benzene rings is 1. The predicted molar refractivity (Wildman–Crippen MR) is 76.4 cm³/mol. The van der Waals surface area contributed by atoms with Crippen LogP contribution in [0, 0.1) is 0 Å². The minimum Gasteiger partial charge on any atom is -0.398 e. The van der Waals surface area contributed by atoms with E-state index in [2.05, 4.69) is 22.9 Å². The van der Waals surface area contributed by atoms with Crippen molar-refractivity contribution in [2.24, 2.45) is 0 Å². The molecule has 17 heavy (non-hydrogen) atoms. The molecule has 3 nitrogen and oxygen atoms in total. The van der Waals surface area contributed by atoms with Gasteiger partial charge in [0.2, 0.25) is 0 Å². The van der Waals surface area contributed by atoms with Crippen LogP contribution in [0.25, 0.3) is 0 Å². The summed E-state index contributed by atoms with van der Waals surface area (Å²) in [5.74, 6) is 1.07. The average Bonchev–Trinajstić information content (AvgIpc) is 2.32. The van der Waals surface area contributed by atoms with Gasteiger partial charge in [-0.2, -0.15) is 11.8 Å². The molecule has 0 saturated carbocycles. The first-order chi connectivity index (χ1) is 8.09. The minimum absolute atomic E-state index is 0.0660. The molecule has 1 atom stereocenters. The summed E-state index contributed by atoms with van der Waals surface area (Å²) in [7, 11) is 0. The standard InChI is InChI=1S/C12H15BrN2OS/c1-8-7-15(5-6-17-8)12(16)9-3-2-4-10(14)11(9)13/h2-4,8H,5-7,14H2,1H3. The summed E-state index contributed by atoms with van der Waals surface area (Å²) in [5, 5.41) is 0.507. The number of rotatable bonds is 1. The van der Waals surface area contributed by atoms with Gasteiger partial charge in [-0.1, -0.05) is 13.0 Å². The Morgan fingerprint density at radius 1 is 1.59 bits per heavy atom. The zero-order chi connectivity index (χ0) is 12.4. The third-order valence-electron chi connectivity index (χ3n) is 2.79. The molecule has 0 radical (unpaired) electrons. The van der Waals surface area contributed by atoms with Gasteiger partial charge < -0.3 is 10.6 Å². The highest BCUT2D eigenvalue weighted by molar-refractivity contribution is 9.10. The lowest BCUT2D eigenvalue weighted by molar-refractivity contribution is 0.0762. The van der Waals surface area contributed by atoms with Crippen molar-refractivity contribution in [2.45, 2.75) is 12.2 Å². The van der Waals surface area contributed by atoms with E-state index >= 15 is 0 Å². The first-order valence-corrected chi connectivity index (χ1v) is 7.38. The largest absolute Gasteiger partial charge is 0.398 e. The normalized spacial score (nSPS) is 20.4. The average molecular weight is 315 g/mol. The lowest BCUT2D eigenvalue weighted by atomic mass is 10.1. The molecule has 5 heteroatoms. The van der Waals surface area contributed by atoms with Gasteiger partial charge in [-0.25, -0.2) is 0 Å². The van der Waals surface area contributed by atoms with Crippen molar-refractivity contribution in [3.05, 3.63) is 28.2 Å². The Labute approximate surface area is 114 Å². The lowest BCUT2D eigenvalue weighted by Crippen LogP contribution is -2.41. The predicted octanol–water partition coefficient (Wildman–Crippen LogP) is 2.61. The van der Waals surface area contributed by atoms with E-state index in [1.165, 1.54) is 0 Å². The Morgan fingerprint density at radius 2 is 2.35 bits per heavy atom.